The molecule has 0 radical (unpaired) electrons. The number of amides is 1. The van der Waals surface area contributed by atoms with Crippen molar-refractivity contribution >= 4 is 34.1 Å². The topological polar surface area (TPSA) is 81.9 Å². The van der Waals surface area contributed by atoms with E-state index >= 15 is 0 Å². The van der Waals surface area contributed by atoms with Gasteiger partial charge in [-0.3, -0.25) is 4.79 Å². The number of hydrogen-bond donors (Lipinski definition) is 1. The number of ether oxygens (including phenoxy) is 1. The van der Waals surface area contributed by atoms with Crippen LogP contribution in [0.5, 0.6) is 5.75 Å². The van der Waals surface area contributed by atoms with Crippen LogP contribution in [0.4, 0.5) is 5.13 Å². The average molecular weight is 494 g/mol. The van der Waals surface area contributed by atoms with Crippen LogP contribution < -0.4 is 10.1 Å². The van der Waals surface area contributed by atoms with Gasteiger partial charge < -0.3 is 14.6 Å². The van der Waals surface area contributed by atoms with Crippen molar-refractivity contribution in [1.29, 1.82) is 0 Å². The van der Waals surface area contributed by atoms with Crippen LogP contribution in [-0.2, 0) is 24.7 Å². The summed E-state index contributed by atoms with van der Waals surface area (Å²) in [6, 6.07) is 16.2. The summed E-state index contributed by atoms with van der Waals surface area (Å²) >= 11 is 2.79. The zero-order valence-corrected chi connectivity index (χ0v) is 21.1. The maximum atomic E-state index is 12.4. The standard InChI is InChI=1S/C25H27N5O2S2/c1-17-14-18(12-13-21(17)32-3)8-7-11-22-28-29-25(30(22)2)34-16-23(31)27-24-26-20(15-33-24)19-9-5-4-6-10-19/h4-6,9-10,12-15H,7-8,11,16H2,1-3H3,(H,26,27,31). The van der Waals surface area contributed by atoms with Gasteiger partial charge in [0.25, 0.3) is 0 Å². The minimum atomic E-state index is -0.113. The summed E-state index contributed by atoms with van der Waals surface area (Å²) in [6.07, 6.45) is 2.75. The Morgan fingerprint density at radius 1 is 1.15 bits per heavy atom. The van der Waals surface area contributed by atoms with Gasteiger partial charge in [0.05, 0.1) is 18.6 Å². The van der Waals surface area contributed by atoms with E-state index in [1.807, 2.05) is 53.4 Å². The Morgan fingerprint density at radius 2 is 1.97 bits per heavy atom. The summed E-state index contributed by atoms with van der Waals surface area (Å²) in [4.78, 5) is 16.9. The molecule has 0 fully saturated rings. The number of aryl methyl sites for hydroxylation is 3. The summed E-state index contributed by atoms with van der Waals surface area (Å²) in [5.41, 5.74) is 4.31. The molecule has 0 saturated heterocycles. The number of carbonyl (C=O) groups is 1. The van der Waals surface area contributed by atoms with Crippen LogP contribution in [0, 0.1) is 6.92 Å². The molecule has 2 aromatic carbocycles. The predicted molar refractivity (Wildman–Crippen MR) is 138 cm³/mol. The highest BCUT2D eigenvalue weighted by atomic mass is 32.2. The Labute approximate surface area is 207 Å². The molecule has 9 heteroatoms. The highest BCUT2D eigenvalue weighted by Crippen LogP contribution is 2.25. The second-order valence-corrected chi connectivity index (χ2v) is 9.66. The van der Waals surface area contributed by atoms with Crippen molar-refractivity contribution in [3.63, 3.8) is 0 Å². The molecular weight excluding hydrogens is 466 g/mol. The Kier molecular flexibility index (Phi) is 7.97. The summed E-state index contributed by atoms with van der Waals surface area (Å²) < 4.78 is 7.30. The van der Waals surface area contributed by atoms with Crippen LogP contribution in [0.15, 0.2) is 59.1 Å². The quantitative estimate of drug-likeness (QED) is 0.307. The third kappa shape index (κ3) is 6.03. The molecule has 4 aromatic rings. The van der Waals surface area contributed by atoms with Crippen molar-refractivity contribution in [3.8, 4) is 17.0 Å². The minimum Gasteiger partial charge on any atom is -0.496 e. The van der Waals surface area contributed by atoms with Crippen molar-refractivity contribution in [2.24, 2.45) is 7.05 Å². The molecule has 2 heterocycles. The summed E-state index contributed by atoms with van der Waals surface area (Å²) in [5, 5.41) is 14.7. The van der Waals surface area contributed by atoms with Crippen LogP contribution >= 0.6 is 23.1 Å². The van der Waals surface area contributed by atoms with Gasteiger partial charge in [0, 0.05) is 24.4 Å². The van der Waals surface area contributed by atoms with Gasteiger partial charge in [-0.25, -0.2) is 4.98 Å². The van der Waals surface area contributed by atoms with Crippen LogP contribution in [0.1, 0.15) is 23.4 Å². The van der Waals surface area contributed by atoms with Crippen molar-refractivity contribution in [3.05, 3.63) is 70.9 Å². The Balaban J connectivity index is 1.25. The van der Waals surface area contributed by atoms with E-state index in [1.165, 1.54) is 28.7 Å². The molecule has 0 aliphatic carbocycles. The second kappa shape index (κ2) is 11.3. The molecule has 0 unspecified atom stereocenters. The highest BCUT2D eigenvalue weighted by molar-refractivity contribution is 7.99. The number of benzene rings is 2. The van der Waals surface area contributed by atoms with Crippen LogP contribution in [0.2, 0.25) is 0 Å². The number of carbonyl (C=O) groups excluding carboxylic acids is 1. The molecule has 7 nitrogen and oxygen atoms in total. The fourth-order valence-electron chi connectivity index (χ4n) is 3.59. The largest absolute Gasteiger partial charge is 0.496 e. The normalized spacial score (nSPS) is 10.9. The molecule has 0 aliphatic heterocycles. The minimum absolute atomic E-state index is 0.113. The summed E-state index contributed by atoms with van der Waals surface area (Å²) in [7, 11) is 3.64. The molecule has 0 bridgehead atoms. The second-order valence-electron chi connectivity index (χ2n) is 7.86. The van der Waals surface area contributed by atoms with E-state index in [4.69, 9.17) is 4.74 Å². The number of nitrogens with one attached hydrogen (secondary N) is 1. The lowest BCUT2D eigenvalue weighted by atomic mass is 10.0. The predicted octanol–water partition coefficient (Wildman–Crippen LogP) is 5.16. The molecule has 0 aliphatic rings. The number of anilines is 1. The van der Waals surface area contributed by atoms with E-state index < -0.39 is 0 Å². The van der Waals surface area contributed by atoms with Crippen molar-refractivity contribution in [2.45, 2.75) is 31.3 Å². The lowest BCUT2D eigenvalue weighted by molar-refractivity contribution is -0.113. The van der Waals surface area contributed by atoms with Crippen LogP contribution in [0.3, 0.4) is 0 Å². The van der Waals surface area contributed by atoms with E-state index in [0.717, 1.165) is 52.8 Å². The highest BCUT2D eigenvalue weighted by Gasteiger charge is 2.13. The maximum absolute atomic E-state index is 12.4. The first-order valence-electron chi connectivity index (χ1n) is 11.0. The molecule has 4 rings (SSSR count). The fourth-order valence-corrected chi connectivity index (χ4v) is 5.06. The zero-order chi connectivity index (χ0) is 23.9. The first kappa shape index (κ1) is 24.0. The Hall–Kier alpha value is -3.17. The van der Waals surface area contributed by atoms with E-state index in [0.29, 0.717) is 5.13 Å². The number of aromatic nitrogens is 4. The molecule has 1 amide bonds. The summed E-state index contributed by atoms with van der Waals surface area (Å²) in [6.45, 7) is 2.06. The Morgan fingerprint density at radius 3 is 2.74 bits per heavy atom. The molecule has 0 saturated carbocycles. The first-order valence-corrected chi connectivity index (χ1v) is 12.9. The van der Waals surface area contributed by atoms with E-state index in [2.05, 4.69) is 39.6 Å². The van der Waals surface area contributed by atoms with Crippen LogP contribution in [0.25, 0.3) is 11.3 Å². The molecule has 1 N–H and O–H groups in total. The molecule has 176 valence electrons. The SMILES string of the molecule is COc1ccc(CCCc2nnc(SCC(=O)Nc3nc(-c4ccccc4)cs3)n2C)cc1C. The smallest absolute Gasteiger partial charge is 0.236 e. The van der Waals surface area contributed by atoms with Gasteiger partial charge in [0.15, 0.2) is 10.3 Å². The van der Waals surface area contributed by atoms with Gasteiger partial charge in [0.2, 0.25) is 5.91 Å². The number of hydrogen-bond acceptors (Lipinski definition) is 7. The lowest BCUT2D eigenvalue weighted by Crippen LogP contribution is -2.14. The molecular formula is C25H27N5O2S2. The Bertz CT molecular complexity index is 1250. The summed E-state index contributed by atoms with van der Waals surface area (Å²) in [5.74, 6) is 1.96. The van der Waals surface area contributed by atoms with Gasteiger partial charge >= 0.3 is 0 Å². The van der Waals surface area contributed by atoms with Crippen molar-refractivity contribution in [1.82, 2.24) is 19.7 Å². The first-order chi connectivity index (χ1) is 16.5. The molecule has 0 spiro atoms. The maximum Gasteiger partial charge on any atom is 0.236 e. The van der Waals surface area contributed by atoms with Crippen molar-refractivity contribution < 1.29 is 9.53 Å². The zero-order valence-electron chi connectivity index (χ0n) is 19.4. The number of methoxy groups -OCH3 is 1. The average Bonchev–Trinajstić information content (AvgIpc) is 3.45. The van der Waals surface area contributed by atoms with E-state index in [-0.39, 0.29) is 11.7 Å². The number of rotatable bonds is 10. The fraction of sp³-hybridized carbons (Fsp3) is 0.280. The monoisotopic (exact) mass is 493 g/mol. The van der Waals surface area contributed by atoms with Crippen molar-refractivity contribution in [2.75, 3.05) is 18.2 Å². The van der Waals surface area contributed by atoms with Gasteiger partial charge in [-0.05, 0) is 37.0 Å². The van der Waals surface area contributed by atoms with E-state index in [1.54, 1.807) is 7.11 Å². The lowest BCUT2D eigenvalue weighted by Gasteiger charge is -2.07. The van der Waals surface area contributed by atoms with Gasteiger partial charge in [0.1, 0.15) is 11.6 Å². The number of thiazole rings is 1. The van der Waals surface area contributed by atoms with Gasteiger partial charge in [-0.2, -0.15) is 0 Å². The van der Waals surface area contributed by atoms with Gasteiger partial charge in [-0.15, -0.1) is 21.5 Å². The molecule has 34 heavy (non-hydrogen) atoms. The van der Waals surface area contributed by atoms with Gasteiger partial charge in [-0.1, -0.05) is 54.2 Å². The molecule has 2 aromatic heterocycles. The number of nitrogens with zero attached hydrogens (tertiary/aromatic N) is 4. The third-order valence-corrected chi connectivity index (χ3v) is 7.18. The van der Waals surface area contributed by atoms with E-state index in [9.17, 15) is 4.79 Å². The molecule has 0 atom stereocenters. The van der Waals surface area contributed by atoms with Crippen LogP contribution in [-0.4, -0.2) is 38.5 Å². The third-order valence-electron chi connectivity index (χ3n) is 5.40. The number of thioether (sulfide) groups is 1.